The van der Waals surface area contributed by atoms with Gasteiger partial charge in [0, 0.05) is 46.9 Å². The number of nitrogens with zero attached hydrogens (tertiary/aromatic N) is 2. The minimum atomic E-state index is -5.25. The Labute approximate surface area is 468 Å². The molecule has 9 aromatic rings. The van der Waals surface area contributed by atoms with Gasteiger partial charge in [-0.1, -0.05) is 91.0 Å². The van der Waals surface area contributed by atoms with E-state index in [4.69, 9.17) is 14.2 Å². The minimum Gasteiger partial charge on any atom is -0.463 e. The van der Waals surface area contributed by atoms with E-state index in [2.05, 4.69) is 0 Å². The van der Waals surface area contributed by atoms with Crippen LogP contribution in [0, 0.1) is 25.5 Å². The molecule has 0 saturated carbocycles. The van der Waals surface area contributed by atoms with E-state index in [0.717, 1.165) is 18.2 Å². The number of aryl methyl sites for hydroxylation is 1. The summed E-state index contributed by atoms with van der Waals surface area (Å²) in [5.41, 5.74) is -6.73. The van der Waals surface area contributed by atoms with Gasteiger partial charge in [-0.15, -0.1) is 0 Å². The lowest BCUT2D eigenvalue weighted by Crippen LogP contribution is -2.58. The number of hydrogen-bond acceptors (Lipinski definition) is 7. The summed E-state index contributed by atoms with van der Waals surface area (Å²) in [6.45, 7) is -0.408. The maximum Gasteiger partial charge on any atom is 0.529 e. The molecule has 0 fully saturated rings. The molecule has 8 nitrogen and oxygen atoms in total. The van der Waals surface area contributed by atoms with E-state index < -0.39 is 129 Å². The van der Waals surface area contributed by atoms with Crippen LogP contribution in [0.5, 0.6) is 5.75 Å². The average Bonchev–Trinajstić information content (AvgIpc) is 1.30. The maximum atomic E-state index is 17.6. The largest absolute Gasteiger partial charge is 0.529 e. The highest BCUT2D eigenvalue weighted by Gasteiger charge is 2.53. The first-order chi connectivity index (χ1) is 39.6. The topological polar surface area (TPSA) is 87.1 Å². The van der Waals surface area contributed by atoms with Crippen LogP contribution >= 0.6 is 0 Å². The summed E-state index contributed by atoms with van der Waals surface area (Å²) in [5, 5.41) is -2.66. The van der Waals surface area contributed by atoms with Crippen molar-refractivity contribution < 1.29 is 85.5 Å². The number of alkyl halides is 9. The number of carbonyl (C=O) groups is 3. The number of halogens is 13. The molecule has 22 heteroatoms. The highest BCUT2D eigenvalue weighted by molar-refractivity contribution is 6.63. The smallest absolute Gasteiger partial charge is 0.463 e. The molecule has 0 amide bonds. The van der Waals surface area contributed by atoms with E-state index in [0.29, 0.717) is 50.7 Å². The Kier molecular flexibility index (Phi) is 13.9. The molecular weight excluding hydrogens is 1130 g/mol. The Morgan fingerprint density at radius 2 is 1.06 bits per heavy atom. The molecule has 11 rings (SSSR count). The number of fused-ring (bicyclic) bond motifs is 4. The van der Waals surface area contributed by atoms with Crippen LogP contribution in [-0.4, -0.2) is 40.2 Å². The van der Waals surface area contributed by atoms with Crippen molar-refractivity contribution >= 4 is 73.5 Å². The molecule has 1 aromatic heterocycles. The quantitative estimate of drug-likeness (QED) is 0.0301. The molecule has 3 heterocycles. The van der Waals surface area contributed by atoms with Crippen molar-refractivity contribution in [1.82, 2.24) is 9.29 Å². The first kappa shape index (κ1) is 57.0. The number of ether oxygens (including phenoxy) is 3. The molecule has 0 radical (unpaired) electrons. The van der Waals surface area contributed by atoms with Crippen LogP contribution in [0.2, 0.25) is 0 Å². The maximum absolute atomic E-state index is 17.6. The van der Waals surface area contributed by atoms with Crippen molar-refractivity contribution in [3.63, 3.8) is 0 Å². The molecule has 2 aliphatic heterocycles. The molecule has 84 heavy (non-hydrogen) atoms. The Morgan fingerprint density at radius 1 is 0.595 bits per heavy atom. The lowest BCUT2D eigenvalue weighted by Gasteiger charge is -2.49. The van der Waals surface area contributed by atoms with Gasteiger partial charge in [0.1, 0.15) is 30.6 Å². The van der Waals surface area contributed by atoms with Gasteiger partial charge in [-0.25, -0.2) is 18.4 Å². The highest BCUT2D eigenvalue weighted by Crippen LogP contribution is 2.54. The van der Waals surface area contributed by atoms with Crippen LogP contribution in [0.15, 0.2) is 138 Å². The van der Waals surface area contributed by atoms with E-state index >= 15 is 17.4 Å². The van der Waals surface area contributed by atoms with Crippen LogP contribution in [0.25, 0.3) is 48.7 Å². The van der Waals surface area contributed by atoms with Gasteiger partial charge in [0.25, 0.3) is 0 Å². The summed E-state index contributed by atoms with van der Waals surface area (Å²) in [5.74, 6) is -6.74. The van der Waals surface area contributed by atoms with E-state index in [1.54, 1.807) is 60.7 Å². The Hall–Kier alpha value is -8.82. The normalized spacial score (nSPS) is 15.4. The zero-order chi connectivity index (χ0) is 60.3. The van der Waals surface area contributed by atoms with Crippen molar-refractivity contribution in [2.75, 3.05) is 0 Å². The van der Waals surface area contributed by atoms with Crippen molar-refractivity contribution in [3.05, 3.63) is 211 Å². The van der Waals surface area contributed by atoms with Gasteiger partial charge in [-0.05, 0) is 130 Å². The molecule has 0 saturated heterocycles. The van der Waals surface area contributed by atoms with Crippen molar-refractivity contribution in [3.8, 4) is 5.75 Å². The summed E-state index contributed by atoms with van der Waals surface area (Å²) in [6, 6.07) is 23.6. The second-order valence-corrected chi connectivity index (χ2v) is 20.7. The Bertz CT molecular complexity index is 4190. The number of allylic oxidation sites excluding steroid dienone is 1. The van der Waals surface area contributed by atoms with Crippen LogP contribution < -0.4 is 4.74 Å². The van der Waals surface area contributed by atoms with Gasteiger partial charge in [-0.3, -0.25) is 4.79 Å². The first-order valence-electron chi connectivity index (χ1n) is 26.1. The number of esters is 3. The molecule has 1 unspecified atom stereocenters. The number of benzene rings is 8. The van der Waals surface area contributed by atoms with Crippen LogP contribution in [-0.2, 0) is 57.2 Å². The zero-order valence-electron chi connectivity index (χ0n) is 44.5. The zero-order valence-corrected chi connectivity index (χ0v) is 44.5. The van der Waals surface area contributed by atoms with E-state index in [-0.39, 0.29) is 86.5 Å². The third-order valence-corrected chi connectivity index (χ3v) is 15.7. The lowest BCUT2D eigenvalue weighted by molar-refractivity contribution is -0.141. The first-order valence-corrected chi connectivity index (χ1v) is 26.1. The van der Waals surface area contributed by atoms with Gasteiger partial charge in [0.15, 0.2) is 0 Å². The fourth-order valence-corrected chi connectivity index (χ4v) is 12.3. The fourth-order valence-electron chi connectivity index (χ4n) is 12.3. The van der Waals surface area contributed by atoms with Gasteiger partial charge in [0.2, 0.25) is 0 Å². The predicted octanol–water partition coefficient (Wildman–Crippen LogP) is 16.5. The molecule has 0 bridgehead atoms. The molecule has 0 aliphatic carbocycles. The van der Waals surface area contributed by atoms with Gasteiger partial charge >= 0.3 is 43.4 Å². The van der Waals surface area contributed by atoms with Gasteiger partial charge in [0.05, 0.1) is 33.4 Å². The molecule has 1 atom stereocenters. The van der Waals surface area contributed by atoms with Crippen LogP contribution in [0.3, 0.4) is 0 Å². The van der Waals surface area contributed by atoms with Crippen molar-refractivity contribution in [1.29, 1.82) is 0 Å². The van der Waals surface area contributed by atoms with E-state index in [1.807, 2.05) is 0 Å². The summed E-state index contributed by atoms with van der Waals surface area (Å²) in [6.07, 6.45) is -16.7. The van der Waals surface area contributed by atoms with Crippen LogP contribution in [0.4, 0.5) is 56.9 Å². The number of hydrogen-bond donors (Lipinski definition) is 0. The van der Waals surface area contributed by atoms with Crippen LogP contribution in [0.1, 0.15) is 92.9 Å². The predicted molar refractivity (Wildman–Crippen MR) is 287 cm³/mol. The molecule has 2 aliphatic rings. The molecular formula is C62H43BF13N2O6-. The number of rotatable bonds is 12. The monoisotopic (exact) mass is 1170 g/mol. The lowest BCUT2D eigenvalue weighted by atomic mass is 9.82. The second-order valence-electron chi connectivity index (χ2n) is 20.7. The molecule has 8 aromatic carbocycles. The SMILES string of the molecule is CC1=C(C(=O)OCc2ccccc2)C(C)N2C1=C(c1c(F)cc(OC(=O)CCCc3ccc4c5ccc(C(F)(F)F)c6c(C(F)(F)F)ccc(c7ccc(C(F)(F)F)c3c47)c65)cc1F)c1c(C)c(C(=O)OCc3ccccc3)c(C)n1[B-]2(F)F. The van der Waals surface area contributed by atoms with Crippen molar-refractivity contribution in [2.24, 2.45) is 0 Å². The minimum absolute atomic E-state index is 0.0141. The van der Waals surface area contributed by atoms with E-state index in [9.17, 15) is 53.9 Å². The molecule has 0 N–H and O–H groups in total. The van der Waals surface area contributed by atoms with E-state index in [1.165, 1.54) is 39.8 Å². The summed E-state index contributed by atoms with van der Waals surface area (Å²) in [7, 11) is 0. The summed E-state index contributed by atoms with van der Waals surface area (Å²) < 4.78 is 217. The third-order valence-electron chi connectivity index (χ3n) is 15.7. The molecule has 432 valence electrons. The fraction of sp³-hybridized carbons (Fsp3) is 0.210. The Balaban J connectivity index is 0.938. The number of carbonyl (C=O) groups excluding carboxylic acids is 3. The summed E-state index contributed by atoms with van der Waals surface area (Å²) in [4.78, 5) is 41.9. The van der Waals surface area contributed by atoms with Gasteiger partial charge < -0.3 is 32.1 Å². The Morgan fingerprint density at radius 3 is 1.56 bits per heavy atom. The van der Waals surface area contributed by atoms with Gasteiger partial charge in [-0.2, -0.15) is 39.5 Å². The number of aromatic nitrogens is 1. The highest BCUT2D eigenvalue weighted by atomic mass is 19.4. The van der Waals surface area contributed by atoms with Crippen molar-refractivity contribution in [2.45, 2.75) is 84.7 Å². The molecule has 0 spiro atoms. The second kappa shape index (κ2) is 20.5. The average molecular weight is 1170 g/mol. The third kappa shape index (κ3) is 9.42. The summed E-state index contributed by atoms with van der Waals surface area (Å²) >= 11 is 0. The standard InChI is InChI=1S/C62H43BF13N2O6/c1-30-48(58(80)82-28-34-12-7-5-8-13-34)32(3)77-56(30)55(57-31(2)49(33(4)78(57)63(77,75)76)59(81)83-29-35-14-9-6-10-15-35)54-45(64)26-37(27-46(54)65)84-47(79)17-11-16-36-18-19-38-40-21-24-43(61(69,70)71)53-44(62(72,73)74)25-22-41(52(40)53)39-20-23-42(60(66,67)68)50(36)51(38)39/h5-10,12-15,18-27,32H,11,16-17,28-29H2,1-4H3/q-1.